The summed E-state index contributed by atoms with van der Waals surface area (Å²) in [7, 11) is 0. The van der Waals surface area contributed by atoms with E-state index >= 15 is 0 Å². The Morgan fingerprint density at radius 3 is 1.08 bits per heavy atom. The summed E-state index contributed by atoms with van der Waals surface area (Å²) >= 11 is 0. The first-order valence-electron chi connectivity index (χ1n) is 20.8. The molecule has 0 saturated carbocycles. The van der Waals surface area contributed by atoms with Crippen LogP contribution in [-0.4, -0.2) is 59.9 Å². The number of carbonyl (C=O) groups is 4. The van der Waals surface area contributed by atoms with Crippen molar-refractivity contribution in [3.63, 3.8) is 0 Å². The molecule has 4 aromatic carbocycles. The van der Waals surface area contributed by atoms with E-state index in [9.17, 15) is 39.6 Å². The van der Waals surface area contributed by atoms with Gasteiger partial charge in [0.15, 0.2) is 11.6 Å². The van der Waals surface area contributed by atoms with Crippen molar-refractivity contribution in [1.82, 2.24) is 0 Å². The fourth-order valence-electron chi connectivity index (χ4n) is 7.17. The van der Waals surface area contributed by atoms with E-state index in [0.717, 1.165) is 62.5 Å². The number of nitrogens with zero attached hydrogens (tertiary/aromatic N) is 2. The van der Waals surface area contributed by atoms with Crippen molar-refractivity contribution < 1.29 is 98.7 Å². The molecule has 10 nitrogen and oxygen atoms in total. The zero-order valence-corrected chi connectivity index (χ0v) is 40.6. The van der Waals surface area contributed by atoms with Gasteiger partial charge in [-0.05, 0) is 102 Å². The molecule has 4 rings (SSSR count). The Bertz CT molecular complexity index is 1780. The van der Waals surface area contributed by atoms with Crippen LogP contribution >= 0.6 is 0 Å². The number of aromatic carboxylic acids is 2. The Morgan fingerprint density at radius 1 is 0.467 bits per heavy atom. The summed E-state index contributed by atoms with van der Waals surface area (Å²) < 4.78 is 0. The van der Waals surface area contributed by atoms with E-state index in [1.807, 2.05) is 98.2 Å². The van der Waals surface area contributed by atoms with Crippen molar-refractivity contribution in [3.8, 4) is 11.5 Å². The standard InChI is InChI=1S/2C24H31NO4.2Na/c2*1-3-25(4-2)21-17-16-20(24(28)29)19(23(21)27)14-10-5-6-11-15-22(26)18-12-8-7-9-13-18;;/h2*7-9,12-13,16-17,27H,3-6,10-11,14-15H2,1-2H3,(H,28,29);;/q;;2*+1/p-2. The van der Waals surface area contributed by atoms with Crippen molar-refractivity contribution in [2.24, 2.45) is 0 Å². The molecule has 2 N–H and O–H groups in total. The van der Waals surface area contributed by atoms with Crippen LogP contribution in [0.3, 0.4) is 0 Å². The van der Waals surface area contributed by atoms with E-state index in [0.29, 0.717) is 74.4 Å². The maximum Gasteiger partial charge on any atom is 1.00 e. The van der Waals surface area contributed by atoms with Gasteiger partial charge in [-0.3, -0.25) is 9.59 Å². The molecule has 0 unspecified atom stereocenters. The summed E-state index contributed by atoms with van der Waals surface area (Å²) in [5, 5.41) is 44.6. The predicted octanol–water partition coefficient (Wildman–Crippen LogP) is 3.37. The topological polar surface area (TPSA) is 161 Å². The molecule has 0 atom stereocenters. The van der Waals surface area contributed by atoms with Crippen LogP contribution in [0.4, 0.5) is 11.4 Å². The summed E-state index contributed by atoms with van der Waals surface area (Å²) in [4.78, 5) is 51.2. The van der Waals surface area contributed by atoms with E-state index in [1.165, 1.54) is 0 Å². The summed E-state index contributed by atoms with van der Waals surface area (Å²) in [6.07, 6.45) is 8.44. The number of anilines is 2. The zero-order valence-electron chi connectivity index (χ0n) is 36.6. The van der Waals surface area contributed by atoms with Crippen molar-refractivity contribution in [2.75, 3.05) is 36.0 Å². The number of carboxylic acid groups (broad SMARTS) is 2. The van der Waals surface area contributed by atoms with E-state index in [-0.39, 0.29) is 93.3 Å². The molecule has 0 aliphatic carbocycles. The van der Waals surface area contributed by atoms with Crippen LogP contribution in [0.5, 0.6) is 11.5 Å². The first-order chi connectivity index (χ1) is 28.0. The van der Waals surface area contributed by atoms with Crippen LogP contribution in [0.15, 0.2) is 84.9 Å². The molecule has 0 aliphatic heterocycles. The first-order valence-corrected chi connectivity index (χ1v) is 20.8. The van der Waals surface area contributed by atoms with Crippen molar-refractivity contribution in [3.05, 3.63) is 118 Å². The quantitative estimate of drug-likeness (QED) is 0.0609. The van der Waals surface area contributed by atoms with E-state index in [4.69, 9.17) is 0 Å². The summed E-state index contributed by atoms with van der Waals surface area (Å²) in [6.45, 7) is 10.7. The minimum Gasteiger partial charge on any atom is -0.871 e. The number of hydrogen-bond acceptors (Lipinski definition) is 8. The van der Waals surface area contributed by atoms with E-state index in [1.54, 1.807) is 24.3 Å². The van der Waals surface area contributed by atoms with Gasteiger partial charge in [0.05, 0.1) is 11.1 Å². The maximum atomic E-state index is 12.9. The Kier molecular flexibility index (Phi) is 26.8. The van der Waals surface area contributed by atoms with Gasteiger partial charge in [-0.2, -0.15) is 0 Å². The smallest absolute Gasteiger partial charge is 0.871 e. The number of unbranched alkanes of at least 4 members (excludes halogenated alkanes) is 6. The van der Waals surface area contributed by atoms with Crippen molar-refractivity contribution in [1.29, 1.82) is 0 Å². The van der Waals surface area contributed by atoms with E-state index < -0.39 is 11.9 Å². The molecule has 60 heavy (non-hydrogen) atoms. The molecule has 0 aliphatic rings. The number of carbonyl (C=O) groups excluding carboxylic acids is 2. The summed E-state index contributed by atoms with van der Waals surface area (Å²) in [6, 6.07) is 24.9. The normalized spacial score (nSPS) is 10.3. The van der Waals surface area contributed by atoms with Gasteiger partial charge in [0.2, 0.25) is 0 Å². The third kappa shape index (κ3) is 16.7. The molecule has 0 aromatic heterocycles. The fraction of sp³-hybridized carbons (Fsp3) is 0.417. The van der Waals surface area contributed by atoms with Gasteiger partial charge in [-0.1, -0.05) is 97.8 Å². The monoisotopic (exact) mass is 838 g/mol. The molecule has 12 heteroatoms. The van der Waals surface area contributed by atoms with E-state index in [2.05, 4.69) is 0 Å². The molecule has 0 bridgehead atoms. The number of hydrogen-bond donors (Lipinski definition) is 2. The van der Waals surface area contributed by atoms with Crippen LogP contribution in [0, 0.1) is 0 Å². The van der Waals surface area contributed by atoms with Crippen molar-refractivity contribution in [2.45, 2.75) is 105 Å². The molecule has 312 valence electrons. The molecule has 0 heterocycles. The molecular formula is C48H60N2Na2O8. The number of Topliss-reactive ketones (excluding diaryl/α,β-unsaturated/α-hetero) is 2. The number of carboxylic acids is 2. The van der Waals surface area contributed by atoms with Crippen LogP contribution in [0.2, 0.25) is 0 Å². The molecular weight excluding hydrogens is 779 g/mol. The molecule has 0 spiro atoms. The Morgan fingerprint density at radius 2 is 0.783 bits per heavy atom. The Balaban J connectivity index is 0.000000581. The number of ketones is 2. The fourth-order valence-corrected chi connectivity index (χ4v) is 7.17. The maximum absolute atomic E-state index is 12.9. The van der Waals surface area contributed by atoms with Crippen LogP contribution in [0.25, 0.3) is 0 Å². The second-order valence-electron chi connectivity index (χ2n) is 14.2. The Hall–Kier alpha value is -3.64. The molecule has 0 saturated heterocycles. The second kappa shape index (κ2) is 29.6. The Labute approximate surface area is 401 Å². The SMILES string of the molecule is CCN(CC)c1ccc(C(=O)O)c(CCCCCCC(=O)c2ccccc2)c1[O-].CCN(CC)c1ccc(C(=O)O)c(CCCCCCC(=O)c2ccccc2)c1[O-].[Na+].[Na+]. The molecule has 0 radical (unpaired) electrons. The molecule has 0 amide bonds. The average molecular weight is 839 g/mol. The van der Waals surface area contributed by atoms with Gasteiger partial charge in [0, 0.05) is 61.5 Å². The molecule has 0 fully saturated rings. The summed E-state index contributed by atoms with van der Waals surface area (Å²) in [5.41, 5.74) is 3.61. The van der Waals surface area contributed by atoms with Gasteiger partial charge >= 0.3 is 71.1 Å². The van der Waals surface area contributed by atoms with Crippen LogP contribution in [0.1, 0.15) is 144 Å². The van der Waals surface area contributed by atoms with Crippen LogP contribution < -0.4 is 79.1 Å². The minimum atomic E-state index is -1.06. The minimum absolute atomic E-state index is 0. The van der Waals surface area contributed by atoms with Crippen LogP contribution in [-0.2, 0) is 12.8 Å². The van der Waals surface area contributed by atoms with Crippen molar-refractivity contribution >= 4 is 34.9 Å². The largest absolute Gasteiger partial charge is 1.00 e. The van der Waals surface area contributed by atoms with Gasteiger partial charge in [-0.25, -0.2) is 9.59 Å². The van der Waals surface area contributed by atoms with Gasteiger partial charge in [0.25, 0.3) is 0 Å². The predicted molar refractivity (Wildman–Crippen MR) is 228 cm³/mol. The third-order valence-corrected chi connectivity index (χ3v) is 10.5. The zero-order chi connectivity index (χ0) is 42.5. The van der Waals surface area contributed by atoms with Gasteiger partial charge in [0.1, 0.15) is 0 Å². The second-order valence-corrected chi connectivity index (χ2v) is 14.2. The first kappa shape index (κ1) is 54.4. The summed E-state index contributed by atoms with van der Waals surface area (Å²) in [5.74, 6) is -2.17. The third-order valence-electron chi connectivity index (χ3n) is 10.5. The van der Waals surface area contributed by atoms with Gasteiger partial charge < -0.3 is 30.2 Å². The number of benzene rings is 4. The van der Waals surface area contributed by atoms with Gasteiger partial charge in [-0.15, -0.1) is 0 Å². The average Bonchev–Trinajstić information content (AvgIpc) is 3.23. The number of rotatable bonds is 24. The molecule has 4 aromatic rings.